The van der Waals surface area contributed by atoms with Gasteiger partial charge in [0, 0.05) is 26.9 Å². The predicted molar refractivity (Wildman–Crippen MR) is 72.6 cm³/mol. The lowest BCUT2D eigenvalue weighted by Gasteiger charge is -2.40. The number of nitrogens with zero attached hydrogens (tertiary/aromatic N) is 1. The number of rotatable bonds is 6. The first-order valence-corrected chi connectivity index (χ1v) is 7.68. The molecule has 0 radical (unpaired) electrons. The predicted octanol–water partition coefficient (Wildman–Crippen LogP) is 0.971. The van der Waals surface area contributed by atoms with Gasteiger partial charge in [-0.15, -0.1) is 0 Å². The molecule has 0 saturated heterocycles. The lowest BCUT2D eigenvalue weighted by atomic mass is 9.80. The average Bonchev–Trinajstić information content (AvgIpc) is 2.38. The second-order valence-electron chi connectivity index (χ2n) is 4.69. The summed E-state index contributed by atoms with van der Waals surface area (Å²) in [5.41, 5.74) is -0.328. The Morgan fingerprint density at radius 1 is 1.42 bits per heavy atom. The molecule has 7 heteroatoms. The van der Waals surface area contributed by atoms with E-state index in [9.17, 15) is 8.42 Å². The molecule has 6 nitrogen and oxygen atoms in total. The third-order valence-corrected chi connectivity index (χ3v) is 4.97. The SMILES string of the molecule is CNc1ccc(S(=O)(=O)NCC2(OC)CCC2)cn1. The van der Waals surface area contributed by atoms with Crippen LogP contribution in [0.4, 0.5) is 5.82 Å². The van der Waals surface area contributed by atoms with Crippen LogP contribution in [0.5, 0.6) is 0 Å². The topological polar surface area (TPSA) is 80.3 Å². The summed E-state index contributed by atoms with van der Waals surface area (Å²) in [5.74, 6) is 0.631. The Kier molecular flexibility index (Phi) is 4.07. The third kappa shape index (κ3) is 3.05. The Morgan fingerprint density at radius 3 is 2.58 bits per heavy atom. The first kappa shape index (κ1) is 14.2. The van der Waals surface area contributed by atoms with Crippen molar-refractivity contribution in [2.24, 2.45) is 0 Å². The van der Waals surface area contributed by atoms with Gasteiger partial charge in [0.1, 0.15) is 10.7 Å². The van der Waals surface area contributed by atoms with Crippen molar-refractivity contribution >= 4 is 15.8 Å². The van der Waals surface area contributed by atoms with Crippen molar-refractivity contribution in [2.45, 2.75) is 29.8 Å². The number of pyridine rings is 1. The van der Waals surface area contributed by atoms with Crippen molar-refractivity contribution in [1.82, 2.24) is 9.71 Å². The summed E-state index contributed by atoms with van der Waals surface area (Å²) in [7, 11) is -0.173. The summed E-state index contributed by atoms with van der Waals surface area (Å²) in [6, 6.07) is 3.16. The summed E-state index contributed by atoms with van der Waals surface area (Å²) >= 11 is 0. The van der Waals surface area contributed by atoms with Crippen molar-refractivity contribution in [3.63, 3.8) is 0 Å². The van der Waals surface area contributed by atoms with Crippen LogP contribution in [0.2, 0.25) is 0 Å². The Labute approximate surface area is 113 Å². The zero-order valence-corrected chi connectivity index (χ0v) is 12.0. The van der Waals surface area contributed by atoms with Crippen LogP contribution in [-0.4, -0.2) is 39.7 Å². The Balaban J connectivity index is 2.05. The smallest absolute Gasteiger partial charge is 0.242 e. The van der Waals surface area contributed by atoms with E-state index in [4.69, 9.17) is 4.74 Å². The van der Waals surface area contributed by atoms with Crippen LogP contribution in [-0.2, 0) is 14.8 Å². The Bertz CT molecular complexity index is 518. The monoisotopic (exact) mass is 285 g/mol. The maximum absolute atomic E-state index is 12.1. The molecule has 1 fully saturated rings. The molecular formula is C12H19N3O3S. The van der Waals surface area contributed by atoms with Crippen molar-refractivity contribution in [2.75, 3.05) is 26.0 Å². The van der Waals surface area contributed by atoms with Crippen LogP contribution in [0.25, 0.3) is 0 Å². The van der Waals surface area contributed by atoms with Gasteiger partial charge in [-0.25, -0.2) is 18.1 Å². The Hall–Kier alpha value is -1.18. The van der Waals surface area contributed by atoms with Gasteiger partial charge in [-0.1, -0.05) is 0 Å². The van der Waals surface area contributed by atoms with Gasteiger partial charge in [0.15, 0.2) is 0 Å². The second-order valence-corrected chi connectivity index (χ2v) is 6.46. The average molecular weight is 285 g/mol. The zero-order valence-electron chi connectivity index (χ0n) is 11.1. The van der Waals surface area contributed by atoms with Gasteiger partial charge in [0.25, 0.3) is 0 Å². The number of hydrogen-bond acceptors (Lipinski definition) is 5. The molecule has 1 saturated carbocycles. The van der Waals surface area contributed by atoms with Gasteiger partial charge in [-0.05, 0) is 31.4 Å². The molecule has 0 unspecified atom stereocenters. The molecule has 0 bridgehead atoms. The minimum atomic E-state index is -3.53. The lowest BCUT2D eigenvalue weighted by molar-refractivity contribution is -0.0659. The first-order chi connectivity index (χ1) is 9.01. The van der Waals surface area contributed by atoms with Crippen LogP contribution >= 0.6 is 0 Å². The maximum Gasteiger partial charge on any atom is 0.242 e. The molecule has 1 aromatic rings. The fourth-order valence-electron chi connectivity index (χ4n) is 2.02. The highest BCUT2D eigenvalue weighted by atomic mass is 32.2. The van der Waals surface area contributed by atoms with Crippen molar-refractivity contribution < 1.29 is 13.2 Å². The molecule has 1 heterocycles. The Morgan fingerprint density at radius 2 is 2.16 bits per heavy atom. The van der Waals surface area contributed by atoms with E-state index in [1.54, 1.807) is 20.2 Å². The fourth-order valence-corrected chi connectivity index (χ4v) is 3.08. The van der Waals surface area contributed by atoms with E-state index in [-0.39, 0.29) is 10.5 Å². The summed E-state index contributed by atoms with van der Waals surface area (Å²) in [5, 5.41) is 2.84. The molecule has 0 spiro atoms. The number of hydrogen-bond donors (Lipinski definition) is 2. The molecule has 1 aromatic heterocycles. The van der Waals surface area contributed by atoms with Gasteiger partial charge in [0.2, 0.25) is 10.0 Å². The molecule has 106 valence electrons. The number of ether oxygens (including phenoxy) is 1. The molecule has 0 aromatic carbocycles. The van der Waals surface area contributed by atoms with Gasteiger partial charge in [-0.3, -0.25) is 0 Å². The number of methoxy groups -OCH3 is 1. The molecule has 2 rings (SSSR count). The standard InChI is InChI=1S/C12H19N3O3S/c1-13-11-5-4-10(8-14-11)19(16,17)15-9-12(18-2)6-3-7-12/h4-5,8,15H,3,6-7,9H2,1-2H3,(H,13,14). The molecule has 1 aliphatic carbocycles. The quantitative estimate of drug-likeness (QED) is 0.814. The zero-order chi connectivity index (χ0) is 13.9. The maximum atomic E-state index is 12.1. The number of nitrogens with one attached hydrogen (secondary N) is 2. The van der Waals surface area contributed by atoms with Crippen molar-refractivity contribution in [3.05, 3.63) is 18.3 Å². The first-order valence-electron chi connectivity index (χ1n) is 6.20. The second kappa shape index (κ2) is 5.44. The molecule has 0 aliphatic heterocycles. The van der Waals surface area contributed by atoms with Crippen LogP contribution in [0.3, 0.4) is 0 Å². The van der Waals surface area contributed by atoms with Crippen LogP contribution in [0.15, 0.2) is 23.2 Å². The van der Waals surface area contributed by atoms with Gasteiger partial charge in [-0.2, -0.15) is 0 Å². The van der Waals surface area contributed by atoms with E-state index in [0.717, 1.165) is 19.3 Å². The largest absolute Gasteiger partial charge is 0.377 e. The van der Waals surface area contributed by atoms with E-state index in [0.29, 0.717) is 12.4 Å². The summed E-state index contributed by atoms with van der Waals surface area (Å²) in [6.45, 7) is 0.305. The molecule has 2 N–H and O–H groups in total. The highest BCUT2D eigenvalue weighted by Gasteiger charge is 2.38. The fraction of sp³-hybridized carbons (Fsp3) is 0.583. The minimum absolute atomic E-state index is 0.164. The van der Waals surface area contributed by atoms with Gasteiger partial charge >= 0.3 is 0 Å². The molecule has 0 amide bonds. The number of sulfonamides is 1. The third-order valence-electron chi connectivity index (χ3n) is 3.58. The van der Waals surface area contributed by atoms with E-state index >= 15 is 0 Å². The van der Waals surface area contributed by atoms with E-state index in [2.05, 4.69) is 15.0 Å². The molecule has 1 aliphatic rings. The lowest BCUT2D eigenvalue weighted by Crippen LogP contribution is -2.49. The number of anilines is 1. The molecule has 0 atom stereocenters. The van der Waals surface area contributed by atoms with Gasteiger partial charge in [0.05, 0.1) is 5.60 Å². The minimum Gasteiger partial charge on any atom is -0.377 e. The van der Waals surface area contributed by atoms with Crippen molar-refractivity contribution in [1.29, 1.82) is 0 Å². The summed E-state index contributed by atoms with van der Waals surface area (Å²) in [4.78, 5) is 4.16. The van der Waals surface area contributed by atoms with Crippen LogP contribution in [0.1, 0.15) is 19.3 Å². The van der Waals surface area contributed by atoms with E-state index in [1.165, 1.54) is 12.3 Å². The molecular weight excluding hydrogens is 266 g/mol. The summed E-state index contributed by atoms with van der Waals surface area (Å²) < 4.78 is 32.2. The van der Waals surface area contributed by atoms with E-state index < -0.39 is 10.0 Å². The van der Waals surface area contributed by atoms with Gasteiger partial charge < -0.3 is 10.1 Å². The number of aromatic nitrogens is 1. The van der Waals surface area contributed by atoms with Crippen molar-refractivity contribution in [3.8, 4) is 0 Å². The highest BCUT2D eigenvalue weighted by Crippen LogP contribution is 2.34. The normalized spacial score (nSPS) is 17.8. The van der Waals surface area contributed by atoms with E-state index in [1.807, 2.05) is 0 Å². The highest BCUT2D eigenvalue weighted by molar-refractivity contribution is 7.89. The summed E-state index contributed by atoms with van der Waals surface area (Å²) in [6.07, 6.45) is 4.20. The van der Waals surface area contributed by atoms with Crippen LogP contribution in [0, 0.1) is 0 Å². The molecule has 19 heavy (non-hydrogen) atoms. The van der Waals surface area contributed by atoms with Crippen LogP contribution < -0.4 is 10.0 Å².